The minimum Gasteiger partial charge on any atom is -0.408 e. The quantitative estimate of drug-likeness (QED) is 0.849. The summed E-state index contributed by atoms with van der Waals surface area (Å²) in [5.41, 5.74) is 1.19. The first-order valence-corrected chi connectivity index (χ1v) is 5.04. The molecule has 0 aliphatic carbocycles. The second kappa shape index (κ2) is 3.66. The Morgan fingerprint density at radius 2 is 2.12 bits per heavy atom. The topological polar surface area (TPSA) is 47.2 Å². The van der Waals surface area contributed by atoms with Crippen LogP contribution in [0.5, 0.6) is 0 Å². The molecule has 0 radical (unpaired) electrons. The van der Waals surface area contributed by atoms with Crippen LogP contribution in [0.15, 0.2) is 21.3 Å². The van der Waals surface area contributed by atoms with Crippen molar-refractivity contribution >= 4 is 16.8 Å². The van der Waals surface area contributed by atoms with Crippen molar-refractivity contribution in [2.45, 2.75) is 19.9 Å². The SMILES string of the molecule is CC(C)Nc1cc2oc(=O)n(C)c2cc1F. The van der Waals surface area contributed by atoms with Gasteiger partial charge in [-0.15, -0.1) is 0 Å². The van der Waals surface area contributed by atoms with Gasteiger partial charge in [-0.25, -0.2) is 9.18 Å². The first-order valence-electron chi connectivity index (χ1n) is 5.04. The van der Waals surface area contributed by atoms with Gasteiger partial charge in [-0.1, -0.05) is 0 Å². The maximum absolute atomic E-state index is 13.6. The van der Waals surface area contributed by atoms with E-state index in [1.54, 1.807) is 7.05 Å². The molecule has 0 fully saturated rings. The highest BCUT2D eigenvalue weighted by molar-refractivity contribution is 5.77. The molecular formula is C11H13FN2O2. The number of hydrogen-bond acceptors (Lipinski definition) is 3. The molecule has 0 aliphatic heterocycles. The Morgan fingerprint density at radius 3 is 2.75 bits per heavy atom. The van der Waals surface area contributed by atoms with E-state index in [1.807, 2.05) is 13.8 Å². The molecule has 0 unspecified atom stereocenters. The third-order valence-electron chi connectivity index (χ3n) is 2.33. The van der Waals surface area contributed by atoms with Crippen LogP contribution < -0.4 is 11.1 Å². The lowest BCUT2D eigenvalue weighted by Crippen LogP contribution is -2.11. The Morgan fingerprint density at radius 1 is 1.44 bits per heavy atom. The molecule has 5 heteroatoms. The lowest BCUT2D eigenvalue weighted by atomic mass is 10.2. The molecule has 4 nitrogen and oxygen atoms in total. The van der Waals surface area contributed by atoms with E-state index >= 15 is 0 Å². The first-order chi connectivity index (χ1) is 7.49. The minimum absolute atomic E-state index is 0.113. The van der Waals surface area contributed by atoms with Crippen molar-refractivity contribution < 1.29 is 8.81 Å². The number of nitrogens with one attached hydrogen (secondary N) is 1. The van der Waals surface area contributed by atoms with Crippen LogP contribution in [0, 0.1) is 5.82 Å². The van der Waals surface area contributed by atoms with Crippen LogP contribution in [0.25, 0.3) is 11.1 Å². The third-order valence-corrected chi connectivity index (χ3v) is 2.33. The van der Waals surface area contributed by atoms with Crippen molar-refractivity contribution in [1.82, 2.24) is 4.57 Å². The molecule has 1 aromatic carbocycles. The highest BCUT2D eigenvalue weighted by Gasteiger charge is 2.11. The van der Waals surface area contributed by atoms with E-state index in [4.69, 9.17) is 4.42 Å². The van der Waals surface area contributed by atoms with Gasteiger partial charge in [0, 0.05) is 25.2 Å². The van der Waals surface area contributed by atoms with Gasteiger partial charge in [0.25, 0.3) is 0 Å². The van der Waals surface area contributed by atoms with Crippen LogP contribution in [0.3, 0.4) is 0 Å². The smallest absolute Gasteiger partial charge is 0.408 e. The molecule has 2 rings (SSSR count). The Bertz CT molecular complexity index is 583. The molecule has 0 bridgehead atoms. The van der Waals surface area contributed by atoms with Crippen molar-refractivity contribution in [3.05, 3.63) is 28.5 Å². The zero-order valence-corrected chi connectivity index (χ0v) is 9.37. The molecule has 0 saturated heterocycles. The van der Waals surface area contributed by atoms with Crippen molar-refractivity contribution in [1.29, 1.82) is 0 Å². The molecule has 0 saturated carbocycles. The lowest BCUT2D eigenvalue weighted by molar-refractivity contribution is 0.528. The maximum Gasteiger partial charge on any atom is 0.419 e. The summed E-state index contributed by atoms with van der Waals surface area (Å²) < 4.78 is 19.9. The van der Waals surface area contributed by atoms with Crippen molar-refractivity contribution in [2.75, 3.05) is 5.32 Å². The minimum atomic E-state index is -0.490. The molecule has 0 spiro atoms. The predicted octanol–water partition coefficient (Wildman–Crippen LogP) is 2.09. The Hall–Kier alpha value is -1.78. The summed E-state index contributed by atoms with van der Waals surface area (Å²) in [6, 6.07) is 2.92. The summed E-state index contributed by atoms with van der Waals surface area (Å²) in [6.45, 7) is 3.82. The Kier molecular flexibility index (Phi) is 2.46. The van der Waals surface area contributed by atoms with Gasteiger partial charge in [0.1, 0.15) is 5.82 Å². The van der Waals surface area contributed by atoms with E-state index < -0.39 is 11.6 Å². The number of rotatable bonds is 2. The zero-order valence-electron chi connectivity index (χ0n) is 9.37. The Balaban J connectivity index is 2.63. The fourth-order valence-corrected chi connectivity index (χ4v) is 1.57. The summed E-state index contributed by atoms with van der Waals surface area (Å²) in [7, 11) is 1.54. The number of halogens is 1. The average molecular weight is 224 g/mol. The highest BCUT2D eigenvalue weighted by atomic mass is 19.1. The largest absolute Gasteiger partial charge is 0.419 e. The molecule has 86 valence electrons. The van der Waals surface area contributed by atoms with E-state index in [1.165, 1.54) is 16.7 Å². The summed E-state index contributed by atoms with van der Waals surface area (Å²) in [5, 5.41) is 2.95. The highest BCUT2D eigenvalue weighted by Crippen LogP contribution is 2.22. The van der Waals surface area contributed by atoms with Crippen molar-refractivity contribution in [3.8, 4) is 0 Å². The first kappa shape index (κ1) is 10.7. The van der Waals surface area contributed by atoms with Gasteiger partial charge in [0.05, 0.1) is 11.2 Å². The van der Waals surface area contributed by atoms with Gasteiger partial charge in [0.15, 0.2) is 5.58 Å². The summed E-state index contributed by atoms with van der Waals surface area (Å²) >= 11 is 0. The van der Waals surface area contributed by atoms with Gasteiger partial charge in [-0.2, -0.15) is 0 Å². The normalized spacial score (nSPS) is 11.3. The second-order valence-electron chi connectivity index (χ2n) is 4.03. The van der Waals surface area contributed by atoms with Crippen LogP contribution >= 0.6 is 0 Å². The molecular weight excluding hydrogens is 211 g/mol. The summed E-state index contributed by atoms with van der Waals surface area (Å²) in [6.07, 6.45) is 0. The van der Waals surface area contributed by atoms with E-state index in [0.29, 0.717) is 16.8 Å². The fraction of sp³-hybridized carbons (Fsp3) is 0.364. The third kappa shape index (κ3) is 1.68. The molecule has 16 heavy (non-hydrogen) atoms. The van der Waals surface area contributed by atoms with E-state index in [2.05, 4.69) is 5.32 Å². The summed E-state index contributed by atoms with van der Waals surface area (Å²) in [5.74, 6) is -0.881. The number of aromatic nitrogens is 1. The van der Waals surface area contributed by atoms with Crippen LogP contribution in [-0.4, -0.2) is 10.6 Å². The number of hydrogen-bond donors (Lipinski definition) is 1. The maximum atomic E-state index is 13.6. The molecule has 1 aromatic heterocycles. The van der Waals surface area contributed by atoms with Gasteiger partial charge in [-0.3, -0.25) is 4.57 Å². The Labute approximate surface area is 91.7 Å². The van der Waals surface area contributed by atoms with Gasteiger partial charge < -0.3 is 9.73 Å². The van der Waals surface area contributed by atoms with Crippen molar-refractivity contribution in [2.24, 2.45) is 7.05 Å². The lowest BCUT2D eigenvalue weighted by Gasteiger charge is -2.10. The molecule has 2 aromatic rings. The monoisotopic (exact) mass is 224 g/mol. The van der Waals surface area contributed by atoms with Crippen LogP contribution in [0.4, 0.5) is 10.1 Å². The number of fused-ring (bicyclic) bond motifs is 1. The average Bonchev–Trinajstić information content (AvgIpc) is 2.44. The molecule has 0 amide bonds. The fourth-order valence-electron chi connectivity index (χ4n) is 1.57. The number of benzene rings is 1. The number of aryl methyl sites for hydroxylation is 1. The van der Waals surface area contributed by atoms with E-state index in [0.717, 1.165) is 0 Å². The van der Waals surface area contributed by atoms with Gasteiger partial charge in [0.2, 0.25) is 0 Å². The molecule has 1 heterocycles. The van der Waals surface area contributed by atoms with Crippen LogP contribution in [0.2, 0.25) is 0 Å². The molecule has 1 N–H and O–H groups in total. The number of oxazole rings is 1. The van der Waals surface area contributed by atoms with E-state index in [-0.39, 0.29) is 6.04 Å². The number of nitrogens with zero attached hydrogens (tertiary/aromatic N) is 1. The predicted molar refractivity (Wildman–Crippen MR) is 60.2 cm³/mol. The number of anilines is 1. The molecule has 0 aliphatic rings. The van der Waals surface area contributed by atoms with Gasteiger partial charge in [-0.05, 0) is 13.8 Å². The van der Waals surface area contributed by atoms with Crippen molar-refractivity contribution in [3.63, 3.8) is 0 Å². The molecule has 0 atom stereocenters. The summed E-state index contributed by atoms with van der Waals surface area (Å²) in [4.78, 5) is 11.2. The zero-order chi connectivity index (χ0) is 11.9. The second-order valence-corrected chi connectivity index (χ2v) is 4.03. The van der Waals surface area contributed by atoms with Crippen LogP contribution in [0.1, 0.15) is 13.8 Å². The van der Waals surface area contributed by atoms with Crippen LogP contribution in [-0.2, 0) is 7.05 Å². The standard InChI is InChI=1S/C11H13FN2O2/c1-6(2)13-8-5-10-9(4-7(8)12)14(3)11(15)16-10/h4-6,13H,1-3H3. The van der Waals surface area contributed by atoms with E-state index in [9.17, 15) is 9.18 Å². The van der Waals surface area contributed by atoms with Gasteiger partial charge >= 0.3 is 5.76 Å².